The Morgan fingerprint density at radius 3 is 2.65 bits per heavy atom. The summed E-state index contributed by atoms with van der Waals surface area (Å²) in [5.74, 6) is 2.04. The second-order valence-corrected chi connectivity index (χ2v) is 4.29. The van der Waals surface area contributed by atoms with Crippen LogP contribution in [0.4, 0.5) is 0 Å². The fourth-order valence-corrected chi connectivity index (χ4v) is 1.94. The van der Waals surface area contributed by atoms with Gasteiger partial charge in [0.2, 0.25) is 0 Å². The first-order valence-corrected chi connectivity index (χ1v) is 6.48. The molecular formula is C13H19N5O2. The molecule has 0 atom stereocenters. The first-order chi connectivity index (χ1) is 9.80. The predicted molar refractivity (Wildman–Crippen MR) is 74.6 cm³/mol. The molecule has 7 heteroatoms. The van der Waals surface area contributed by atoms with E-state index >= 15 is 0 Å². The van der Waals surface area contributed by atoms with Crippen LogP contribution in [-0.2, 0) is 6.54 Å². The minimum Gasteiger partial charge on any atom is -0.493 e. The summed E-state index contributed by atoms with van der Waals surface area (Å²) < 4.78 is 12.3. The number of unbranched alkanes of at least 4 members (excludes halogenated alkanes) is 1. The average molecular weight is 277 g/mol. The van der Waals surface area contributed by atoms with E-state index in [0.717, 1.165) is 24.9 Å². The summed E-state index contributed by atoms with van der Waals surface area (Å²) in [6.45, 7) is 1.42. The number of benzene rings is 1. The van der Waals surface area contributed by atoms with Crippen molar-refractivity contribution in [3.8, 4) is 22.9 Å². The van der Waals surface area contributed by atoms with Crippen LogP contribution in [0.25, 0.3) is 11.4 Å². The Balaban J connectivity index is 2.25. The maximum Gasteiger partial charge on any atom is 0.182 e. The zero-order valence-corrected chi connectivity index (χ0v) is 11.7. The van der Waals surface area contributed by atoms with E-state index in [9.17, 15) is 0 Å². The molecule has 0 radical (unpaired) electrons. The summed E-state index contributed by atoms with van der Waals surface area (Å²) in [7, 11) is 3.21. The SMILES string of the molecule is COc1ccc(-c2nnnn2CCCCN)cc1OC. The molecule has 0 saturated carbocycles. The lowest BCUT2D eigenvalue weighted by molar-refractivity contribution is 0.355. The number of rotatable bonds is 7. The Bertz CT molecular complexity index is 555. The molecule has 108 valence electrons. The molecule has 2 aromatic rings. The van der Waals surface area contributed by atoms with Crippen LogP contribution in [0.1, 0.15) is 12.8 Å². The van der Waals surface area contributed by atoms with Crippen molar-refractivity contribution in [2.24, 2.45) is 5.73 Å². The summed E-state index contributed by atoms with van der Waals surface area (Å²) in [4.78, 5) is 0. The van der Waals surface area contributed by atoms with E-state index in [4.69, 9.17) is 15.2 Å². The van der Waals surface area contributed by atoms with E-state index in [0.29, 0.717) is 23.9 Å². The summed E-state index contributed by atoms with van der Waals surface area (Å²) >= 11 is 0. The van der Waals surface area contributed by atoms with Gasteiger partial charge in [0, 0.05) is 12.1 Å². The molecule has 0 fully saturated rings. The van der Waals surface area contributed by atoms with Gasteiger partial charge in [0.15, 0.2) is 17.3 Å². The van der Waals surface area contributed by atoms with Crippen LogP contribution in [0.15, 0.2) is 18.2 Å². The highest BCUT2D eigenvalue weighted by Gasteiger charge is 2.12. The number of tetrazole rings is 1. The number of nitrogens with two attached hydrogens (primary N) is 1. The zero-order valence-electron chi connectivity index (χ0n) is 11.7. The molecule has 0 unspecified atom stereocenters. The number of aromatic nitrogens is 4. The van der Waals surface area contributed by atoms with Crippen LogP contribution in [0.3, 0.4) is 0 Å². The van der Waals surface area contributed by atoms with Crippen molar-refractivity contribution in [2.45, 2.75) is 19.4 Å². The molecule has 2 rings (SSSR count). The smallest absolute Gasteiger partial charge is 0.182 e. The summed E-state index contributed by atoms with van der Waals surface area (Å²) in [5, 5.41) is 11.8. The van der Waals surface area contributed by atoms with Crippen molar-refractivity contribution < 1.29 is 9.47 Å². The highest BCUT2D eigenvalue weighted by molar-refractivity contribution is 5.60. The second kappa shape index (κ2) is 6.85. The van der Waals surface area contributed by atoms with E-state index < -0.39 is 0 Å². The van der Waals surface area contributed by atoms with Gasteiger partial charge in [-0.15, -0.1) is 5.10 Å². The van der Waals surface area contributed by atoms with Gasteiger partial charge in [-0.25, -0.2) is 4.68 Å². The van der Waals surface area contributed by atoms with Crippen LogP contribution in [0.2, 0.25) is 0 Å². The molecule has 1 aromatic heterocycles. The van der Waals surface area contributed by atoms with E-state index in [1.807, 2.05) is 18.2 Å². The molecule has 0 spiro atoms. The monoisotopic (exact) mass is 277 g/mol. The molecule has 0 aliphatic carbocycles. The third kappa shape index (κ3) is 3.05. The minimum atomic E-state index is 0.654. The molecule has 0 bridgehead atoms. The molecule has 0 aliphatic rings. The lowest BCUT2D eigenvalue weighted by Crippen LogP contribution is -2.06. The average Bonchev–Trinajstić information content (AvgIpc) is 2.95. The number of methoxy groups -OCH3 is 2. The highest BCUT2D eigenvalue weighted by Crippen LogP contribution is 2.31. The number of hydrogen-bond donors (Lipinski definition) is 1. The minimum absolute atomic E-state index is 0.654. The van der Waals surface area contributed by atoms with Crippen LogP contribution < -0.4 is 15.2 Å². The normalized spacial score (nSPS) is 10.6. The van der Waals surface area contributed by atoms with Gasteiger partial charge in [-0.2, -0.15) is 0 Å². The summed E-state index contributed by atoms with van der Waals surface area (Å²) in [6.07, 6.45) is 1.90. The topological polar surface area (TPSA) is 88.1 Å². The Morgan fingerprint density at radius 2 is 1.95 bits per heavy atom. The molecular weight excluding hydrogens is 258 g/mol. The second-order valence-electron chi connectivity index (χ2n) is 4.29. The van der Waals surface area contributed by atoms with Crippen LogP contribution in [0.5, 0.6) is 11.5 Å². The fourth-order valence-electron chi connectivity index (χ4n) is 1.94. The van der Waals surface area contributed by atoms with Gasteiger partial charge in [0.05, 0.1) is 14.2 Å². The number of hydrogen-bond acceptors (Lipinski definition) is 6. The number of nitrogens with zero attached hydrogens (tertiary/aromatic N) is 4. The van der Waals surface area contributed by atoms with Gasteiger partial charge in [-0.1, -0.05) is 0 Å². The van der Waals surface area contributed by atoms with Crippen LogP contribution >= 0.6 is 0 Å². The highest BCUT2D eigenvalue weighted by atomic mass is 16.5. The molecule has 1 aromatic carbocycles. The third-order valence-corrected chi connectivity index (χ3v) is 3.00. The maximum atomic E-state index is 5.50. The van der Waals surface area contributed by atoms with Gasteiger partial charge >= 0.3 is 0 Å². The first kappa shape index (κ1) is 14.3. The van der Waals surface area contributed by atoms with Gasteiger partial charge in [-0.3, -0.25) is 0 Å². The maximum absolute atomic E-state index is 5.50. The van der Waals surface area contributed by atoms with Gasteiger partial charge < -0.3 is 15.2 Å². The fraction of sp³-hybridized carbons (Fsp3) is 0.462. The van der Waals surface area contributed by atoms with Crippen LogP contribution in [0, 0.1) is 0 Å². The third-order valence-electron chi connectivity index (χ3n) is 3.00. The van der Waals surface area contributed by atoms with E-state index in [1.165, 1.54) is 0 Å². The van der Waals surface area contributed by atoms with Gasteiger partial charge in [0.25, 0.3) is 0 Å². The van der Waals surface area contributed by atoms with E-state index in [1.54, 1.807) is 18.9 Å². The van der Waals surface area contributed by atoms with Gasteiger partial charge in [0.1, 0.15) is 0 Å². The van der Waals surface area contributed by atoms with Crippen molar-refractivity contribution >= 4 is 0 Å². The van der Waals surface area contributed by atoms with Crippen molar-refractivity contribution in [3.05, 3.63) is 18.2 Å². The van der Waals surface area contributed by atoms with Gasteiger partial charge in [-0.05, 0) is 48.0 Å². The Morgan fingerprint density at radius 1 is 1.15 bits per heavy atom. The molecule has 0 aliphatic heterocycles. The number of aryl methyl sites for hydroxylation is 1. The molecule has 1 heterocycles. The van der Waals surface area contributed by atoms with Crippen molar-refractivity contribution in [3.63, 3.8) is 0 Å². The molecule has 2 N–H and O–H groups in total. The van der Waals surface area contributed by atoms with Crippen LogP contribution in [-0.4, -0.2) is 41.0 Å². The Labute approximate surface area is 117 Å². The van der Waals surface area contributed by atoms with Crippen molar-refractivity contribution in [1.82, 2.24) is 20.2 Å². The first-order valence-electron chi connectivity index (χ1n) is 6.48. The largest absolute Gasteiger partial charge is 0.493 e. The van der Waals surface area contributed by atoms with Crippen molar-refractivity contribution in [1.29, 1.82) is 0 Å². The molecule has 7 nitrogen and oxygen atoms in total. The molecule has 20 heavy (non-hydrogen) atoms. The van der Waals surface area contributed by atoms with E-state index in [2.05, 4.69) is 15.5 Å². The standard InChI is InChI=1S/C13H19N5O2/c1-19-11-6-5-10(9-12(11)20-2)13-15-16-17-18(13)8-4-3-7-14/h5-6,9H,3-4,7-8,14H2,1-2H3. The lowest BCUT2D eigenvalue weighted by atomic mass is 10.2. The lowest BCUT2D eigenvalue weighted by Gasteiger charge is -2.09. The molecule has 0 amide bonds. The zero-order chi connectivity index (χ0) is 14.4. The summed E-state index contributed by atoms with van der Waals surface area (Å²) in [6, 6.07) is 5.61. The Hall–Kier alpha value is -2.15. The number of ether oxygens (including phenoxy) is 2. The van der Waals surface area contributed by atoms with Crippen molar-refractivity contribution in [2.75, 3.05) is 20.8 Å². The predicted octanol–water partition coefficient (Wildman–Crippen LogP) is 1.10. The quantitative estimate of drug-likeness (QED) is 0.762. The van der Waals surface area contributed by atoms with E-state index in [-0.39, 0.29) is 0 Å². The molecule has 0 saturated heterocycles. The Kier molecular flexibility index (Phi) is 4.89. The summed E-state index contributed by atoms with van der Waals surface area (Å²) in [5.41, 5.74) is 6.38.